The lowest BCUT2D eigenvalue weighted by molar-refractivity contribution is -0.148. The van der Waals surface area contributed by atoms with Gasteiger partial charge in [-0.1, -0.05) is 17.7 Å². The molecule has 0 radical (unpaired) electrons. The molecule has 0 bridgehead atoms. The molecule has 11 heteroatoms. The Morgan fingerprint density at radius 2 is 2.07 bits per heavy atom. The van der Waals surface area contributed by atoms with Gasteiger partial charge in [0.15, 0.2) is 5.82 Å². The third kappa shape index (κ3) is 3.11. The predicted molar refractivity (Wildman–Crippen MR) is 94.5 cm³/mol. The first-order valence-electron chi connectivity index (χ1n) is 8.67. The number of hydrogen-bond acceptors (Lipinski definition) is 4. The van der Waals surface area contributed by atoms with Crippen LogP contribution < -0.4 is 0 Å². The highest BCUT2D eigenvalue weighted by Crippen LogP contribution is 2.33. The average Bonchev–Trinajstić information content (AvgIpc) is 3.25. The van der Waals surface area contributed by atoms with Gasteiger partial charge in [0.05, 0.1) is 29.3 Å². The number of nitrogens with zero attached hydrogens (tertiary/aromatic N) is 6. The first kappa shape index (κ1) is 18.7. The van der Waals surface area contributed by atoms with Gasteiger partial charge in [-0.15, -0.1) is 10.2 Å². The number of benzene rings is 1. The third-order valence-electron chi connectivity index (χ3n) is 4.93. The van der Waals surface area contributed by atoms with Gasteiger partial charge in [-0.3, -0.25) is 9.48 Å². The fourth-order valence-electron chi connectivity index (χ4n) is 3.53. The summed E-state index contributed by atoms with van der Waals surface area (Å²) in [7, 11) is 0. The standard InChI is InChI=1S/C17H16ClF3N6O/c1-10-15-23-24-16(17(19,20)21)26(15)8-7-25(10)14(28)5-6-27-13-4-2-3-12(18)11(13)9-22-27/h2-4,9-10H,5-8H2,1H3. The van der Waals surface area contributed by atoms with Crippen molar-refractivity contribution in [1.29, 1.82) is 0 Å². The highest BCUT2D eigenvalue weighted by Gasteiger charge is 2.41. The number of aryl methyl sites for hydroxylation is 1. The van der Waals surface area contributed by atoms with Crippen molar-refractivity contribution < 1.29 is 18.0 Å². The summed E-state index contributed by atoms with van der Waals surface area (Å²) >= 11 is 6.13. The molecular formula is C17H16ClF3N6O. The Morgan fingerprint density at radius 1 is 1.29 bits per heavy atom. The molecule has 3 heterocycles. The topological polar surface area (TPSA) is 68.8 Å². The van der Waals surface area contributed by atoms with Crippen LogP contribution in [0.1, 0.15) is 31.0 Å². The lowest BCUT2D eigenvalue weighted by atomic mass is 10.2. The van der Waals surface area contributed by atoms with Crippen molar-refractivity contribution >= 4 is 28.4 Å². The summed E-state index contributed by atoms with van der Waals surface area (Å²) in [6.07, 6.45) is -2.76. The second-order valence-electron chi connectivity index (χ2n) is 6.58. The van der Waals surface area contributed by atoms with Crippen LogP contribution >= 0.6 is 11.6 Å². The van der Waals surface area contributed by atoms with Crippen molar-refractivity contribution in [2.24, 2.45) is 0 Å². The minimum absolute atomic E-state index is 0.00751. The number of amides is 1. The van der Waals surface area contributed by atoms with Crippen molar-refractivity contribution in [1.82, 2.24) is 29.4 Å². The number of carbonyl (C=O) groups is 1. The maximum atomic E-state index is 13.0. The fraction of sp³-hybridized carbons (Fsp3) is 0.412. The smallest absolute Gasteiger partial charge is 0.331 e. The number of rotatable bonds is 3. The number of fused-ring (bicyclic) bond motifs is 2. The molecule has 148 valence electrons. The minimum Gasteiger partial charge on any atom is -0.331 e. The molecule has 1 atom stereocenters. The van der Waals surface area contributed by atoms with Crippen LogP contribution in [0.4, 0.5) is 13.2 Å². The van der Waals surface area contributed by atoms with Crippen LogP contribution in [0.3, 0.4) is 0 Å². The second kappa shape index (κ2) is 6.77. The van der Waals surface area contributed by atoms with Crippen molar-refractivity contribution in [3.8, 4) is 0 Å². The van der Waals surface area contributed by atoms with Crippen LogP contribution in [0.15, 0.2) is 24.4 Å². The molecule has 2 aromatic heterocycles. The summed E-state index contributed by atoms with van der Waals surface area (Å²) < 4.78 is 41.7. The number of halogens is 4. The molecule has 7 nitrogen and oxygen atoms in total. The molecule has 3 aromatic rings. The van der Waals surface area contributed by atoms with Crippen molar-refractivity contribution in [2.45, 2.75) is 38.7 Å². The van der Waals surface area contributed by atoms with Crippen LogP contribution in [0, 0.1) is 0 Å². The number of aromatic nitrogens is 5. The highest BCUT2D eigenvalue weighted by molar-refractivity contribution is 6.35. The Hall–Kier alpha value is -2.62. The Morgan fingerprint density at radius 3 is 2.82 bits per heavy atom. The van der Waals surface area contributed by atoms with E-state index in [9.17, 15) is 18.0 Å². The average molecular weight is 413 g/mol. The van der Waals surface area contributed by atoms with E-state index in [-0.39, 0.29) is 31.2 Å². The lowest BCUT2D eigenvalue weighted by Crippen LogP contribution is -2.42. The van der Waals surface area contributed by atoms with E-state index in [1.807, 2.05) is 12.1 Å². The first-order chi connectivity index (χ1) is 13.3. The highest BCUT2D eigenvalue weighted by atomic mass is 35.5. The quantitative estimate of drug-likeness (QED) is 0.662. The molecule has 0 N–H and O–H groups in total. The largest absolute Gasteiger partial charge is 0.451 e. The zero-order valence-corrected chi connectivity index (χ0v) is 15.6. The van der Waals surface area contributed by atoms with Gasteiger partial charge in [0.2, 0.25) is 11.7 Å². The SMILES string of the molecule is CC1c2nnc(C(F)(F)F)n2CCN1C(=O)CCn1ncc2c(Cl)cccc21. The van der Waals surface area contributed by atoms with Gasteiger partial charge in [-0.25, -0.2) is 0 Å². The maximum absolute atomic E-state index is 13.0. The monoisotopic (exact) mass is 412 g/mol. The Labute approximate surface area is 162 Å². The summed E-state index contributed by atoms with van der Waals surface area (Å²) in [5, 5.41) is 12.6. The van der Waals surface area contributed by atoms with E-state index >= 15 is 0 Å². The molecule has 1 aliphatic rings. The number of carbonyl (C=O) groups excluding carboxylic acids is 1. The van der Waals surface area contributed by atoms with Gasteiger partial charge in [0.1, 0.15) is 0 Å². The fourth-order valence-corrected chi connectivity index (χ4v) is 3.75. The molecule has 1 aliphatic heterocycles. The third-order valence-corrected chi connectivity index (χ3v) is 5.26. The van der Waals surface area contributed by atoms with Gasteiger partial charge >= 0.3 is 6.18 Å². The summed E-state index contributed by atoms with van der Waals surface area (Å²) in [6, 6.07) is 4.85. The Kier molecular flexibility index (Phi) is 4.53. The van der Waals surface area contributed by atoms with E-state index < -0.39 is 18.0 Å². The van der Waals surface area contributed by atoms with Crippen LogP contribution in [-0.4, -0.2) is 41.9 Å². The zero-order chi connectivity index (χ0) is 20.1. The van der Waals surface area contributed by atoms with Crippen LogP contribution in [0.5, 0.6) is 0 Å². The van der Waals surface area contributed by atoms with E-state index in [1.165, 1.54) is 4.90 Å². The van der Waals surface area contributed by atoms with E-state index in [0.717, 1.165) is 15.5 Å². The van der Waals surface area contributed by atoms with Gasteiger partial charge in [-0.05, 0) is 19.1 Å². The molecule has 0 saturated carbocycles. The van der Waals surface area contributed by atoms with Crippen molar-refractivity contribution in [3.63, 3.8) is 0 Å². The van der Waals surface area contributed by atoms with E-state index in [0.29, 0.717) is 11.6 Å². The van der Waals surface area contributed by atoms with Gasteiger partial charge < -0.3 is 9.47 Å². The minimum atomic E-state index is -4.57. The Bertz CT molecular complexity index is 1040. The van der Waals surface area contributed by atoms with Crippen LogP contribution in [-0.2, 0) is 24.1 Å². The molecule has 1 unspecified atom stereocenters. The lowest BCUT2D eigenvalue weighted by Gasteiger charge is -2.34. The maximum Gasteiger partial charge on any atom is 0.451 e. The molecule has 28 heavy (non-hydrogen) atoms. The van der Waals surface area contributed by atoms with E-state index in [1.54, 1.807) is 23.9 Å². The molecule has 0 fully saturated rings. The Balaban J connectivity index is 1.48. The summed E-state index contributed by atoms with van der Waals surface area (Å²) in [4.78, 5) is 14.2. The van der Waals surface area contributed by atoms with E-state index in [2.05, 4.69) is 15.3 Å². The molecule has 4 rings (SSSR count). The first-order valence-corrected chi connectivity index (χ1v) is 9.05. The van der Waals surface area contributed by atoms with Gasteiger partial charge in [0, 0.05) is 24.9 Å². The molecule has 0 saturated heterocycles. The molecular weight excluding hydrogens is 397 g/mol. The summed E-state index contributed by atoms with van der Waals surface area (Å²) in [6.45, 7) is 2.17. The molecule has 0 aliphatic carbocycles. The molecule has 0 spiro atoms. The molecule has 1 amide bonds. The van der Waals surface area contributed by atoms with Crippen molar-refractivity contribution in [2.75, 3.05) is 6.54 Å². The summed E-state index contributed by atoms with van der Waals surface area (Å²) in [5.41, 5.74) is 0.821. The predicted octanol–water partition coefficient (Wildman–Crippen LogP) is 3.29. The van der Waals surface area contributed by atoms with Gasteiger partial charge in [-0.2, -0.15) is 18.3 Å². The van der Waals surface area contributed by atoms with E-state index in [4.69, 9.17) is 11.6 Å². The number of hydrogen-bond donors (Lipinski definition) is 0. The summed E-state index contributed by atoms with van der Waals surface area (Å²) in [5.74, 6) is -1.06. The number of alkyl halides is 3. The zero-order valence-electron chi connectivity index (χ0n) is 14.8. The van der Waals surface area contributed by atoms with Crippen LogP contribution in [0.2, 0.25) is 5.02 Å². The van der Waals surface area contributed by atoms with Crippen LogP contribution in [0.25, 0.3) is 10.9 Å². The second-order valence-corrected chi connectivity index (χ2v) is 6.99. The normalized spacial score (nSPS) is 17.2. The van der Waals surface area contributed by atoms with Gasteiger partial charge in [0.25, 0.3) is 0 Å². The molecule has 1 aromatic carbocycles. The van der Waals surface area contributed by atoms with Crippen molar-refractivity contribution in [3.05, 3.63) is 41.1 Å².